The van der Waals surface area contributed by atoms with Crippen molar-refractivity contribution in [2.75, 3.05) is 18.5 Å². The number of hydrogen-bond acceptors (Lipinski definition) is 6. The zero-order valence-electron chi connectivity index (χ0n) is 25.6. The summed E-state index contributed by atoms with van der Waals surface area (Å²) in [4.78, 5) is 37.3. The van der Waals surface area contributed by atoms with E-state index in [1.54, 1.807) is 52.0 Å². The van der Waals surface area contributed by atoms with E-state index in [9.17, 15) is 14.4 Å². The van der Waals surface area contributed by atoms with E-state index < -0.39 is 29.2 Å². The second-order valence-corrected chi connectivity index (χ2v) is 11.9. The van der Waals surface area contributed by atoms with Gasteiger partial charge >= 0.3 is 17.9 Å². The average Bonchev–Trinajstić information content (AvgIpc) is 2.94. The Hall–Kier alpha value is -3.30. The molecule has 1 N–H and O–H groups in total. The molecule has 228 valence electrons. The highest BCUT2D eigenvalue weighted by molar-refractivity contribution is 6.30. The lowest BCUT2D eigenvalue weighted by Crippen LogP contribution is -2.39. The molecule has 0 saturated heterocycles. The monoisotopic (exact) mass is 595 g/mol. The molecule has 2 aromatic rings. The number of nitrogens with one attached hydrogen (secondary N) is 1. The maximum Gasteiger partial charge on any atom is 0.345 e. The Labute approximate surface area is 256 Å². The number of esters is 3. The lowest BCUT2D eigenvalue weighted by atomic mass is 9.81. The molecule has 0 amide bonds. The van der Waals surface area contributed by atoms with Crippen molar-refractivity contribution >= 4 is 35.2 Å². The highest BCUT2D eigenvalue weighted by Gasteiger charge is 2.41. The van der Waals surface area contributed by atoms with Crippen LogP contribution in [0, 0.1) is 23.2 Å². The van der Waals surface area contributed by atoms with Gasteiger partial charge in [-0.3, -0.25) is 9.59 Å². The van der Waals surface area contributed by atoms with E-state index in [1.165, 1.54) is 44.9 Å². The molecule has 0 aliphatic rings. The molecule has 1 unspecified atom stereocenters. The van der Waals surface area contributed by atoms with Gasteiger partial charge in [0.1, 0.15) is 0 Å². The van der Waals surface area contributed by atoms with Crippen LogP contribution in [0.2, 0.25) is 5.02 Å². The van der Waals surface area contributed by atoms with Crippen molar-refractivity contribution in [1.82, 2.24) is 0 Å². The maximum absolute atomic E-state index is 12.6. The molecule has 42 heavy (non-hydrogen) atoms. The number of unbranched alkanes of at least 4 members (excludes halogenated alkanes) is 9. The largest absolute Gasteiger partial charge is 0.465 e. The summed E-state index contributed by atoms with van der Waals surface area (Å²) in [6, 6.07) is 14.4. The van der Waals surface area contributed by atoms with Crippen LogP contribution in [-0.2, 0) is 19.1 Å². The zero-order valence-corrected chi connectivity index (χ0v) is 26.4. The summed E-state index contributed by atoms with van der Waals surface area (Å²) >= 11 is 5.89. The van der Waals surface area contributed by atoms with E-state index in [-0.39, 0.29) is 12.2 Å². The summed E-state index contributed by atoms with van der Waals surface area (Å²) < 4.78 is 10.0. The second kappa shape index (κ2) is 19.0. The molecule has 0 aromatic heterocycles. The summed E-state index contributed by atoms with van der Waals surface area (Å²) in [5.41, 5.74) is 1.42. The van der Waals surface area contributed by atoms with Crippen LogP contribution in [0.25, 0.3) is 0 Å². The normalized spacial score (nSPS) is 11.6. The van der Waals surface area contributed by atoms with Gasteiger partial charge in [-0.25, -0.2) is 4.79 Å². The van der Waals surface area contributed by atoms with Crippen molar-refractivity contribution < 1.29 is 23.9 Å². The third-order valence-electron chi connectivity index (χ3n) is 6.82. The fourth-order valence-corrected chi connectivity index (χ4v) is 4.59. The van der Waals surface area contributed by atoms with Crippen molar-refractivity contribution in [2.45, 2.75) is 91.9 Å². The predicted octanol–water partition coefficient (Wildman–Crippen LogP) is 8.61. The molecule has 1 atom stereocenters. The van der Waals surface area contributed by atoms with Crippen LogP contribution >= 0.6 is 11.6 Å². The van der Waals surface area contributed by atoms with Gasteiger partial charge in [0.05, 0.1) is 12.2 Å². The first-order valence-electron chi connectivity index (χ1n) is 15.1. The molecule has 2 aromatic carbocycles. The van der Waals surface area contributed by atoms with Crippen LogP contribution in [-0.4, -0.2) is 31.1 Å². The van der Waals surface area contributed by atoms with Gasteiger partial charge in [0.15, 0.2) is 5.92 Å². The number of anilines is 1. The number of benzene rings is 2. The minimum absolute atomic E-state index is 0.145. The summed E-state index contributed by atoms with van der Waals surface area (Å²) in [7, 11) is 0. The van der Waals surface area contributed by atoms with Crippen LogP contribution in [0.5, 0.6) is 0 Å². The molecular weight excluding hydrogens is 550 g/mol. The first-order chi connectivity index (χ1) is 20.1. The minimum Gasteiger partial charge on any atom is -0.465 e. The lowest BCUT2D eigenvalue weighted by molar-refractivity contribution is -0.163. The molecule has 2 rings (SSSR count). The standard InChI is InChI=1S/C35H46ClNO5/c1-5-41-33(39)31(35(2,3)4)34(40)42-32(38)28-20-24-30(25-21-28)37-26-16-14-12-10-8-6-7-9-11-13-15-17-27-18-22-29(36)23-19-27/h18-25,31,37H,5-14,16,26H2,1-4H3. The molecule has 0 aliphatic carbocycles. The molecule has 0 bridgehead atoms. The van der Waals surface area contributed by atoms with E-state index in [0.717, 1.165) is 42.1 Å². The molecule has 0 fully saturated rings. The Kier molecular flexibility index (Phi) is 15.8. The van der Waals surface area contributed by atoms with E-state index in [0.29, 0.717) is 0 Å². The second-order valence-electron chi connectivity index (χ2n) is 11.5. The van der Waals surface area contributed by atoms with E-state index >= 15 is 0 Å². The number of carbonyl (C=O) groups is 3. The number of rotatable bonds is 16. The fourth-order valence-electron chi connectivity index (χ4n) is 4.47. The number of carbonyl (C=O) groups excluding carboxylic acids is 3. The molecule has 6 nitrogen and oxygen atoms in total. The highest BCUT2D eigenvalue weighted by Crippen LogP contribution is 2.29. The van der Waals surface area contributed by atoms with Crippen molar-refractivity contribution in [3.63, 3.8) is 0 Å². The molecule has 0 heterocycles. The van der Waals surface area contributed by atoms with Gasteiger partial charge < -0.3 is 14.8 Å². The number of hydrogen-bond donors (Lipinski definition) is 1. The Balaban J connectivity index is 1.54. The summed E-state index contributed by atoms with van der Waals surface area (Å²) in [5, 5.41) is 4.11. The SMILES string of the molecule is CCOC(=O)C(C(=O)OC(=O)c1ccc(NCCCCCCCCCCCC#Cc2ccc(Cl)cc2)cc1)C(C)(C)C. The lowest BCUT2D eigenvalue weighted by Gasteiger charge is -2.26. The zero-order chi connectivity index (χ0) is 30.8. The van der Waals surface area contributed by atoms with Crippen molar-refractivity contribution in [3.8, 4) is 11.8 Å². The van der Waals surface area contributed by atoms with Crippen LogP contribution in [0.1, 0.15) is 108 Å². The average molecular weight is 596 g/mol. The predicted molar refractivity (Wildman–Crippen MR) is 169 cm³/mol. The topological polar surface area (TPSA) is 81.7 Å². The van der Waals surface area contributed by atoms with Crippen LogP contribution in [0.4, 0.5) is 5.69 Å². The Bertz CT molecular complexity index is 1170. The summed E-state index contributed by atoms with van der Waals surface area (Å²) in [6.45, 7) is 7.85. The minimum atomic E-state index is -1.18. The van der Waals surface area contributed by atoms with Gasteiger partial charge in [0, 0.05) is 29.2 Å². The first-order valence-corrected chi connectivity index (χ1v) is 15.5. The van der Waals surface area contributed by atoms with E-state index in [1.807, 2.05) is 24.3 Å². The van der Waals surface area contributed by atoms with Gasteiger partial charge in [0.2, 0.25) is 0 Å². The maximum atomic E-state index is 12.6. The molecular formula is C35H46ClNO5. The van der Waals surface area contributed by atoms with Crippen molar-refractivity contribution in [2.24, 2.45) is 11.3 Å². The van der Waals surface area contributed by atoms with E-state index in [2.05, 4.69) is 17.2 Å². The van der Waals surface area contributed by atoms with Crippen molar-refractivity contribution in [3.05, 3.63) is 64.7 Å². The van der Waals surface area contributed by atoms with Gasteiger partial charge in [0.25, 0.3) is 0 Å². The third-order valence-corrected chi connectivity index (χ3v) is 7.07. The van der Waals surface area contributed by atoms with Crippen LogP contribution in [0.15, 0.2) is 48.5 Å². The highest BCUT2D eigenvalue weighted by atomic mass is 35.5. The van der Waals surface area contributed by atoms with Gasteiger partial charge in [-0.1, -0.05) is 89.2 Å². The first kappa shape index (κ1) is 34.9. The Morgan fingerprint density at radius 2 is 1.38 bits per heavy atom. The van der Waals surface area contributed by atoms with Crippen molar-refractivity contribution in [1.29, 1.82) is 0 Å². The molecule has 7 heteroatoms. The summed E-state index contributed by atoms with van der Waals surface area (Å²) in [6.07, 6.45) is 11.9. The smallest absolute Gasteiger partial charge is 0.345 e. The third kappa shape index (κ3) is 13.6. The van der Waals surface area contributed by atoms with Crippen LogP contribution < -0.4 is 5.32 Å². The molecule has 0 aliphatic heterocycles. The molecule has 0 spiro atoms. The fraction of sp³-hybridized carbons (Fsp3) is 0.514. The Morgan fingerprint density at radius 3 is 1.95 bits per heavy atom. The summed E-state index contributed by atoms with van der Waals surface area (Å²) in [5.74, 6) is 2.88. The van der Waals surface area contributed by atoms with Gasteiger partial charge in [-0.15, -0.1) is 0 Å². The number of halogens is 1. The molecule has 0 saturated carbocycles. The van der Waals surface area contributed by atoms with Gasteiger partial charge in [-0.2, -0.15) is 0 Å². The Morgan fingerprint density at radius 1 is 0.810 bits per heavy atom. The quantitative estimate of drug-likeness (QED) is 0.0905. The van der Waals surface area contributed by atoms with E-state index in [4.69, 9.17) is 21.1 Å². The molecule has 0 radical (unpaired) electrons. The van der Waals surface area contributed by atoms with Gasteiger partial charge in [-0.05, 0) is 73.7 Å². The number of ether oxygens (including phenoxy) is 2. The van der Waals surface area contributed by atoms with Crippen LogP contribution in [0.3, 0.4) is 0 Å².